The van der Waals surface area contributed by atoms with Crippen LogP contribution in [-0.4, -0.2) is 7.05 Å². The van der Waals surface area contributed by atoms with E-state index in [1.165, 1.54) is 11.3 Å². The van der Waals surface area contributed by atoms with E-state index in [2.05, 4.69) is 80.2 Å². The topological polar surface area (TPSA) is 29.3 Å². The van der Waals surface area contributed by atoms with Gasteiger partial charge in [0.05, 0.1) is 0 Å². The average Bonchev–Trinajstić information content (AvgIpc) is 2.38. The minimum atomic E-state index is 0.0359. The van der Waals surface area contributed by atoms with E-state index in [1.54, 1.807) is 0 Å². The monoisotopic (exact) mass is 396 g/mol. The molecule has 0 aliphatic carbocycles. The van der Waals surface area contributed by atoms with Crippen molar-refractivity contribution < 1.29 is 0 Å². The Balaban J connectivity index is 2.17. The van der Waals surface area contributed by atoms with Gasteiger partial charge in [0.25, 0.3) is 0 Å². The van der Waals surface area contributed by atoms with Crippen molar-refractivity contribution in [3.63, 3.8) is 0 Å². The molecule has 2 N–H and O–H groups in total. The van der Waals surface area contributed by atoms with Crippen molar-refractivity contribution in [2.24, 2.45) is 5.73 Å². The Morgan fingerprint density at radius 3 is 2.50 bits per heavy atom. The summed E-state index contributed by atoms with van der Waals surface area (Å²) in [7, 11) is 2.09. The molecule has 2 aromatic carbocycles. The molecule has 0 heterocycles. The van der Waals surface area contributed by atoms with Gasteiger partial charge in [-0.1, -0.05) is 50.1 Å². The summed E-state index contributed by atoms with van der Waals surface area (Å²) in [6, 6.07) is 14.7. The Hall–Kier alpha value is -0.840. The predicted molar refractivity (Wildman–Crippen MR) is 93.0 cm³/mol. The minimum absolute atomic E-state index is 0.0359. The summed E-state index contributed by atoms with van der Waals surface area (Å²) in [6.45, 7) is 2.86. The Morgan fingerprint density at radius 2 is 1.90 bits per heavy atom. The van der Waals surface area contributed by atoms with Crippen LogP contribution in [0.2, 0.25) is 0 Å². The van der Waals surface area contributed by atoms with Crippen molar-refractivity contribution in [3.05, 3.63) is 62.5 Å². The van der Waals surface area contributed by atoms with Gasteiger partial charge in [-0.3, -0.25) is 0 Å². The fraction of sp³-hybridized carbons (Fsp3) is 0.250. The molecule has 20 heavy (non-hydrogen) atoms. The van der Waals surface area contributed by atoms with Crippen LogP contribution >= 0.6 is 31.9 Å². The molecular formula is C16H18Br2N2. The van der Waals surface area contributed by atoms with Crippen molar-refractivity contribution in [2.75, 3.05) is 11.9 Å². The lowest BCUT2D eigenvalue weighted by molar-refractivity contribution is 0.812. The first kappa shape index (κ1) is 15.5. The highest BCUT2D eigenvalue weighted by molar-refractivity contribution is 9.10. The standard InChI is InChI=1S/C16H18Br2N2/c1-11(19)15-7-6-14(9-16(15)18)20(2)10-12-4-3-5-13(17)8-12/h3-9,11H,10,19H2,1-2H3/t11-/m1/s1. The zero-order valence-electron chi connectivity index (χ0n) is 11.6. The van der Waals surface area contributed by atoms with Crippen LogP contribution in [0, 0.1) is 0 Å². The van der Waals surface area contributed by atoms with Gasteiger partial charge in [0.1, 0.15) is 0 Å². The maximum Gasteiger partial charge on any atom is 0.0426 e. The van der Waals surface area contributed by atoms with Gasteiger partial charge in [0, 0.05) is 34.3 Å². The van der Waals surface area contributed by atoms with Crippen LogP contribution in [0.15, 0.2) is 51.4 Å². The van der Waals surface area contributed by atoms with Gasteiger partial charge in [-0.05, 0) is 42.3 Å². The molecule has 2 aromatic rings. The molecule has 0 aromatic heterocycles. The maximum atomic E-state index is 5.93. The molecular weight excluding hydrogens is 380 g/mol. The first-order chi connectivity index (χ1) is 9.47. The molecule has 0 aliphatic heterocycles. The molecule has 1 atom stereocenters. The number of benzene rings is 2. The molecule has 0 spiro atoms. The van der Waals surface area contributed by atoms with Crippen molar-refractivity contribution in [1.82, 2.24) is 0 Å². The van der Waals surface area contributed by atoms with Crippen molar-refractivity contribution in [1.29, 1.82) is 0 Å². The highest BCUT2D eigenvalue weighted by atomic mass is 79.9. The second-order valence-electron chi connectivity index (χ2n) is 4.98. The lowest BCUT2D eigenvalue weighted by Gasteiger charge is -2.21. The van der Waals surface area contributed by atoms with Gasteiger partial charge in [0.2, 0.25) is 0 Å². The Morgan fingerprint density at radius 1 is 1.15 bits per heavy atom. The molecule has 4 heteroatoms. The van der Waals surface area contributed by atoms with Gasteiger partial charge in [0.15, 0.2) is 0 Å². The maximum absolute atomic E-state index is 5.93. The van der Waals surface area contributed by atoms with Gasteiger partial charge < -0.3 is 10.6 Å². The smallest absolute Gasteiger partial charge is 0.0426 e. The summed E-state index contributed by atoms with van der Waals surface area (Å²) < 4.78 is 2.17. The highest BCUT2D eigenvalue weighted by Gasteiger charge is 2.08. The average molecular weight is 398 g/mol. The van der Waals surface area contributed by atoms with E-state index in [0.29, 0.717) is 0 Å². The van der Waals surface area contributed by atoms with E-state index in [1.807, 2.05) is 13.0 Å². The molecule has 0 unspecified atom stereocenters. The minimum Gasteiger partial charge on any atom is -0.370 e. The van der Waals surface area contributed by atoms with Crippen molar-refractivity contribution in [3.8, 4) is 0 Å². The molecule has 106 valence electrons. The summed E-state index contributed by atoms with van der Waals surface area (Å²) in [5, 5.41) is 0. The van der Waals surface area contributed by atoms with Crippen LogP contribution < -0.4 is 10.6 Å². The van der Waals surface area contributed by atoms with Crippen LogP contribution in [-0.2, 0) is 6.54 Å². The summed E-state index contributed by atoms with van der Waals surface area (Å²) in [5.74, 6) is 0. The van der Waals surface area contributed by atoms with Gasteiger partial charge in [-0.2, -0.15) is 0 Å². The number of rotatable bonds is 4. The Labute approximate surface area is 137 Å². The third-order valence-electron chi connectivity index (χ3n) is 3.22. The van der Waals surface area contributed by atoms with E-state index in [9.17, 15) is 0 Å². The second-order valence-corrected chi connectivity index (χ2v) is 6.75. The van der Waals surface area contributed by atoms with Crippen LogP contribution in [0.5, 0.6) is 0 Å². The predicted octanol–water partition coefficient (Wildman–Crippen LogP) is 4.87. The molecule has 2 nitrogen and oxygen atoms in total. The molecule has 0 aliphatic rings. The molecule has 0 saturated heterocycles. The molecule has 0 fully saturated rings. The summed E-state index contributed by atoms with van der Waals surface area (Å²) in [4.78, 5) is 2.22. The largest absolute Gasteiger partial charge is 0.370 e. The quantitative estimate of drug-likeness (QED) is 0.797. The lowest BCUT2D eigenvalue weighted by atomic mass is 10.1. The number of nitrogens with two attached hydrogens (primary N) is 1. The van der Waals surface area contributed by atoms with Gasteiger partial charge in [-0.25, -0.2) is 0 Å². The fourth-order valence-electron chi connectivity index (χ4n) is 2.12. The number of nitrogens with zero attached hydrogens (tertiary/aromatic N) is 1. The molecule has 0 amide bonds. The first-order valence-electron chi connectivity index (χ1n) is 6.48. The zero-order chi connectivity index (χ0) is 14.7. The van der Waals surface area contributed by atoms with E-state index < -0.39 is 0 Å². The lowest BCUT2D eigenvalue weighted by Crippen LogP contribution is -2.16. The third-order valence-corrected chi connectivity index (χ3v) is 4.40. The zero-order valence-corrected chi connectivity index (χ0v) is 14.8. The van der Waals surface area contributed by atoms with Crippen LogP contribution in [0.25, 0.3) is 0 Å². The summed E-state index contributed by atoms with van der Waals surface area (Å²) in [6.07, 6.45) is 0. The third kappa shape index (κ3) is 3.84. The van der Waals surface area contributed by atoms with Gasteiger partial charge >= 0.3 is 0 Å². The number of halogens is 2. The van der Waals surface area contributed by atoms with Crippen LogP contribution in [0.4, 0.5) is 5.69 Å². The first-order valence-corrected chi connectivity index (χ1v) is 8.06. The molecule has 0 bridgehead atoms. The van der Waals surface area contributed by atoms with E-state index >= 15 is 0 Å². The van der Waals surface area contributed by atoms with Crippen LogP contribution in [0.1, 0.15) is 24.1 Å². The SMILES string of the molecule is C[C@@H](N)c1ccc(N(C)Cc2cccc(Br)c2)cc1Br. The van der Waals surface area contributed by atoms with Crippen molar-refractivity contribution >= 4 is 37.5 Å². The highest BCUT2D eigenvalue weighted by Crippen LogP contribution is 2.27. The number of hydrogen-bond acceptors (Lipinski definition) is 2. The number of hydrogen-bond donors (Lipinski definition) is 1. The molecule has 0 saturated carbocycles. The summed E-state index contributed by atoms with van der Waals surface area (Å²) in [5.41, 5.74) is 9.50. The molecule has 0 radical (unpaired) electrons. The number of anilines is 1. The van der Waals surface area contributed by atoms with Crippen molar-refractivity contribution in [2.45, 2.75) is 19.5 Å². The Bertz CT molecular complexity index is 597. The van der Waals surface area contributed by atoms with E-state index in [0.717, 1.165) is 21.1 Å². The van der Waals surface area contributed by atoms with E-state index in [4.69, 9.17) is 5.73 Å². The second kappa shape index (κ2) is 6.74. The Kier molecular flexibility index (Phi) is 5.24. The van der Waals surface area contributed by atoms with Crippen LogP contribution in [0.3, 0.4) is 0 Å². The van der Waals surface area contributed by atoms with Gasteiger partial charge in [-0.15, -0.1) is 0 Å². The molecule has 2 rings (SSSR count). The summed E-state index contributed by atoms with van der Waals surface area (Å²) >= 11 is 7.10. The fourth-order valence-corrected chi connectivity index (χ4v) is 3.30. The van der Waals surface area contributed by atoms with E-state index in [-0.39, 0.29) is 6.04 Å². The normalized spacial score (nSPS) is 12.2.